The highest BCUT2D eigenvalue weighted by atomic mass is 14.0. The maximum absolute atomic E-state index is 5.34. The average Bonchev–Trinajstić information content (AvgIpc) is 2.30. The van der Waals surface area contributed by atoms with Crippen molar-refractivity contribution in [3.63, 3.8) is 0 Å². The van der Waals surface area contributed by atoms with E-state index in [9.17, 15) is 0 Å². The SMILES string of the molecule is [CH]=CCCCCCCCCCCCCC(C)C. The van der Waals surface area contributed by atoms with Crippen LogP contribution in [0, 0.1) is 12.5 Å². The molecule has 0 unspecified atom stereocenters. The van der Waals surface area contributed by atoms with Crippen LogP contribution in [0.15, 0.2) is 6.08 Å². The van der Waals surface area contributed by atoms with Crippen LogP contribution in [-0.4, -0.2) is 0 Å². The van der Waals surface area contributed by atoms with E-state index in [0.29, 0.717) is 0 Å². The molecule has 0 nitrogen and oxygen atoms in total. The summed E-state index contributed by atoms with van der Waals surface area (Å²) in [5, 5.41) is 0. The van der Waals surface area contributed by atoms with Gasteiger partial charge in [0.2, 0.25) is 0 Å². The molecule has 0 amide bonds. The Hall–Kier alpha value is -0.260. The first-order valence-electron chi connectivity index (χ1n) is 7.80. The molecule has 0 rings (SSSR count). The van der Waals surface area contributed by atoms with Crippen LogP contribution in [-0.2, 0) is 0 Å². The fourth-order valence-electron chi connectivity index (χ4n) is 2.23. The molecule has 0 spiro atoms. The first kappa shape index (κ1) is 16.7. The van der Waals surface area contributed by atoms with E-state index in [2.05, 4.69) is 13.8 Å². The van der Waals surface area contributed by atoms with E-state index in [1.807, 2.05) is 0 Å². The smallest absolute Gasteiger partial charge is 0.0348 e. The molecule has 0 heteroatoms. The first-order chi connectivity index (χ1) is 8.27. The van der Waals surface area contributed by atoms with Crippen molar-refractivity contribution >= 4 is 0 Å². The molecule has 0 bridgehead atoms. The lowest BCUT2D eigenvalue weighted by atomic mass is 10.0. The summed E-state index contributed by atoms with van der Waals surface area (Å²) in [6.45, 7) is 9.99. The minimum absolute atomic E-state index is 0.890. The zero-order valence-corrected chi connectivity index (χ0v) is 12.2. The van der Waals surface area contributed by atoms with Crippen molar-refractivity contribution in [3.8, 4) is 0 Å². The van der Waals surface area contributed by atoms with Crippen molar-refractivity contribution in [1.29, 1.82) is 0 Å². The molecular formula is C17H33. The molecule has 1 radical (unpaired) electrons. The van der Waals surface area contributed by atoms with Crippen molar-refractivity contribution in [3.05, 3.63) is 12.7 Å². The zero-order valence-electron chi connectivity index (χ0n) is 12.2. The summed E-state index contributed by atoms with van der Waals surface area (Å²) in [6, 6.07) is 0. The van der Waals surface area contributed by atoms with E-state index in [1.165, 1.54) is 70.6 Å². The van der Waals surface area contributed by atoms with Crippen LogP contribution in [0.4, 0.5) is 0 Å². The number of rotatable bonds is 13. The van der Waals surface area contributed by atoms with Crippen molar-refractivity contribution in [2.75, 3.05) is 0 Å². The Morgan fingerprint density at radius 3 is 1.53 bits per heavy atom. The van der Waals surface area contributed by atoms with Gasteiger partial charge in [0.05, 0.1) is 0 Å². The summed E-state index contributed by atoms with van der Waals surface area (Å²) in [6.07, 6.45) is 18.5. The van der Waals surface area contributed by atoms with Crippen LogP contribution in [0.3, 0.4) is 0 Å². The van der Waals surface area contributed by atoms with Crippen LogP contribution < -0.4 is 0 Å². The van der Waals surface area contributed by atoms with E-state index in [1.54, 1.807) is 6.08 Å². The van der Waals surface area contributed by atoms with E-state index < -0.39 is 0 Å². The lowest BCUT2D eigenvalue weighted by Crippen LogP contribution is -1.87. The second-order valence-corrected chi connectivity index (χ2v) is 5.74. The van der Waals surface area contributed by atoms with Gasteiger partial charge in [-0.25, -0.2) is 0 Å². The van der Waals surface area contributed by atoms with Crippen molar-refractivity contribution in [1.82, 2.24) is 0 Å². The van der Waals surface area contributed by atoms with Gasteiger partial charge in [-0.1, -0.05) is 90.7 Å². The molecule has 101 valence electrons. The van der Waals surface area contributed by atoms with Crippen LogP contribution >= 0.6 is 0 Å². The van der Waals surface area contributed by atoms with Gasteiger partial charge in [0.15, 0.2) is 0 Å². The largest absolute Gasteiger partial charge is 0.0845 e. The lowest BCUT2D eigenvalue weighted by molar-refractivity contribution is 0.505. The minimum Gasteiger partial charge on any atom is -0.0845 e. The molecular weight excluding hydrogens is 204 g/mol. The molecule has 0 fully saturated rings. The molecule has 17 heavy (non-hydrogen) atoms. The highest BCUT2D eigenvalue weighted by Crippen LogP contribution is 2.13. The standard InChI is InChI=1S/C17H33/c1-4-5-6-7-8-9-10-11-12-13-14-15-16-17(2)3/h1,4,17H,5-16H2,2-3H3. The number of hydrogen-bond acceptors (Lipinski definition) is 0. The van der Waals surface area contributed by atoms with Gasteiger partial charge in [-0.3, -0.25) is 0 Å². The Labute approximate surface area is 110 Å². The predicted octanol–water partition coefficient (Wildman–Crippen LogP) is 6.31. The van der Waals surface area contributed by atoms with Gasteiger partial charge in [-0.05, 0) is 18.8 Å². The molecule has 0 N–H and O–H groups in total. The van der Waals surface area contributed by atoms with Gasteiger partial charge in [-0.15, -0.1) is 0 Å². The molecule has 0 heterocycles. The monoisotopic (exact) mass is 237 g/mol. The predicted molar refractivity (Wildman–Crippen MR) is 79.1 cm³/mol. The van der Waals surface area contributed by atoms with Gasteiger partial charge < -0.3 is 0 Å². The number of unbranched alkanes of at least 4 members (excludes halogenated alkanes) is 10. The normalized spacial score (nSPS) is 11.0. The molecule has 0 aromatic carbocycles. The Morgan fingerprint density at radius 1 is 0.706 bits per heavy atom. The van der Waals surface area contributed by atoms with Crippen LogP contribution in [0.5, 0.6) is 0 Å². The van der Waals surface area contributed by atoms with Gasteiger partial charge in [0.25, 0.3) is 0 Å². The summed E-state index contributed by atoms with van der Waals surface area (Å²) >= 11 is 0. The lowest BCUT2D eigenvalue weighted by Gasteiger charge is -2.04. The van der Waals surface area contributed by atoms with E-state index in [0.717, 1.165) is 12.3 Å². The maximum Gasteiger partial charge on any atom is -0.0348 e. The Morgan fingerprint density at radius 2 is 1.12 bits per heavy atom. The fourth-order valence-corrected chi connectivity index (χ4v) is 2.23. The van der Waals surface area contributed by atoms with Crippen molar-refractivity contribution in [2.24, 2.45) is 5.92 Å². The number of allylic oxidation sites excluding steroid dienone is 1. The Balaban J connectivity index is 2.91. The molecule has 0 aliphatic heterocycles. The van der Waals surface area contributed by atoms with Gasteiger partial charge >= 0.3 is 0 Å². The van der Waals surface area contributed by atoms with E-state index in [-0.39, 0.29) is 0 Å². The molecule has 0 atom stereocenters. The first-order valence-corrected chi connectivity index (χ1v) is 7.80. The summed E-state index contributed by atoms with van der Waals surface area (Å²) < 4.78 is 0. The second-order valence-electron chi connectivity index (χ2n) is 5.74. The number of hydrogen-bond donors (Lipinski definition) is 0. The second kappa shape index (κ2) is 13.8. The third kappa shape index (κ3) is 15.7. The van der Waals surface area contributed by atoms with E-state index in [4.69, 9.17) is 6.58 Å². The minimum atomic E-state index is 0.890. The van der Waals surface area contributed by atoms with Gasteiger partial charge in [0, 0.05) is 0 Å². The highest BCUT2D eigenvalue weighted by molar-refractivity contribution is 4.61. The fraction of sp³-hybridized carbons (Fsp3) is 0.882. The van der Waals surface area contributed by atoms with E-state index >= 15 is 0 Å². The summed E-state index contributed by atoms with van der Waals surface area (Å²) in [7, 11) is 0. The van der Waals surface area contributed by atoms with Crippen LogP contribution in [0.25, 0.3) is 0 Å². The highest BCUT2D eigenvalue weighted by Gasteiger charge is 1.95. The van der Waals surface area contributed by atoms with Crippen LogP contribution in [0.2, 0.25) is 0 Å². The van der Waals surface area contributed by atoms with Gasteiger partial charge in [-0.2, -0.15) is 0 Å². The summed E-state index contributed by atoms with van der Waals surface area (Å²) in [5.74, 6) is 0.890. The third-order valence-electron chi connectivity index (χ3n) is 3.40. The van der Waals surface area contributed by atoms with Gasteiger partial charge in [0.1, 0.15) is 0 Å². The summed E-state index contributed by atoms with van der Waals surface area (Å²) in [4.78, 5) is 0. The van der Waals surface area contributed by atoms with Crippen molar-refractivity contribution in [2.45, 2.75) is 90.9 Å². The topological polar surface area (TPSA) is 0 Å². The van der Waals surface area contributed by atoms with Crippen molar-refractivity contribution < 1.29 is 0 Å². The molecule has 0 aromatic rings. The Bertz CT molecular complexity index is 146. The zero-order chi connectivity index (χ0) is 12.8. The average molecular weight is 237 g/mol. The molecule has 0 saturated heterocycles. The summed E-state index contributed by atoms with van der Waals surface area (Å²) in [5.41, 5.74) is 0. The molecule has 0 aliphatic carbocycles. The quantitative estimate of drug-likeness (QED) is 0.329. The molecule has 0 saturated carbocycles. The third-order valence-corrected chi connectivity index (χ3v) is 3.40. The molecule has 0 aliphatic rings. The molecule has 0 aromatic heterocycles. The Kier molecular flexibility index (Phi) is 13.6. The van der Waals surface area contributed by atoms with Crippen LogP contribution in [0.1, 0.15) is 90.9 Å². The maximum atomic E-state index is 5.34.